The normalized spacial score (nSPS) is 10.9. The van der Waals surface area contributed by atoms with Crippen molar-refractivity contribution in [2.75, 3.05) is 30.5 Å². The number of sulfonamides is 1. The van der Waals surface area contributed by atoms with Crippen molar-refractivity contribution < 1.29 is 17.9 Å². The van der Waals surface area contributed by atoms with Gasteiger partial charge in [0.25, 0.3) is 0 Å². The van der Waals surface area contributed by atoms with E-state index in [1.165, 1.54) is 0 Å². The summed E-state index contributed by atoms with van der Waals surface area (Å²) >= 11 is 0. The van der Waals surface area contributed by atoms with Crippen LogP contribution >= 0.6 is 0 Å². The number of ether oxygens (including phenoxy) is 2. The first-order valence-corrected chi connectivity index (χ1v) is 8.37. The fourth-order valence-corrected chi connectivity index (χ4v) is 2.47. The van der Waals surface area contributed by atoms with E-state index in [4.69, 9.17) is 9.47 Å². The van der Waals surface area contributed by atoms with Gasteiger partial charge in [0.2, 0.25) is 10.0 Å². The Hall–Kier alpha value is -2.41. The molecule has 0 aliphatic carbocycles. The van der Waals surface area contributed by atoms with Gasteiger partial charge in [0, 0.05) is 17.4 Å². The van der Waals surface area contributed by atoms with Crippen LogP contribution in [-0.4, -0.2) is 28.9 Å². The zero-order valence-corrected chi connectivity index (χ0v) is 13.4. The molecule has 0 saturated carbocycles. The molecule has 6 nitrogen and oxygen atoms in total. The van der Waals surface area contributed by atoms with Gasteiger partial charge in [-0.1, -0.05) is 0 Å². The molecule has 2 aromatic rings. The third kappa shape index (κ3) is 4.29. The maximum atomic E-state index is 11.2. The predicted octanol–water partition coefficient (Wildman–Crippen LogP) is 2.82. The van der Waals surface area contributed by atoms with Gasteiger partial charge in [0.15, 0.2) is 0 Å². The van der Waals surface area contributed by atoms with Gasteiger partial charge in [-0.05, 0) is 36.4 Å². The minimum absolute atomic E-state index is 0.505. The maximum absolute atomic E-state index is 11.2. The van der Waals surface area contributed by atoms with E-state index in [0.717, 1.165) is 17.6 Å². The molecule has 7 heteroatoms. The van der Waals surface area contributed by atoms with Gasteiger partial charge in [-0.2, -0.15) is 0 Å². The van der Waals surface area contributed by atoms with Gasteiger partial charge < -0.3 is 14.8 Å². The van der Waals surface area contributed by atoms with E-state index in [2.05, 4.69) is 10.0 Å². The van der Waals surface area contributed by atoms with Crippen LogP contribution in [0.4, 0.5) is 17.1 Å². The summed E-state index contributed by atoms with van der Waals surface area (Å²) in [6, 6.07) is 12.3. The Bertz CT molecular complexity index is 743. The van der Waals surface area contributed by atoms with Gasteiger partial charge in [0.1, 0.15) is 11.5 Å². The first-order valence-electron chi connectivity index (χ1n) is 6.48. The average Bonchev–Trinajstić information content (AvgIpc) is 2.47. The number of anilines is 3. The van der Waals surface area contributed by atoms with E-state index in [1.807, 2.05) is 12.1 Å². The van der Waals surface area contributed by atoms with Gasteiger partial charge in [-0.3, -0.25) is 4.72 Å². The van der Waals surface area contributed by atoms with Gasteiger partial charge in [-0.15, -0.1) is 0 Å². The first-order chi connectivity index (χ1) is 10.4. The highest BCUT2D eigenvalue weighted by Gasteiger charge is 2.06. The lowest BCUT2D eigenvalue weighted by atomic mass is 10.2. The number of hydrogen-bond acceptors (Lipinski definition) is 5. The monoisotopic (exact) mass is 322 g/mol. The maximum Gasteiger partial charge on any atom is 0.229 e. The van der Waals surface area contributed by atoms with Gasteiger partial charge >= 0.3 is 0 Å². The third-order valence-electron chi connectivity index (χ3n) is 2.87. The van der Waals surface area contributed by atoms with Crippen molar-refractivity contribution in [1.82, 2.24) is 0 Å². The zero-order chi connectivity index (χ0) is 16.2. The van der Waals surface area contributed by atoms with Crippen LogP contribution in [0.5, 0.6) is 11.5 Å². The van der Waals surface area contributed by atoms with Crippen LogP contribution < -0.4 is 19.5 Å². The molecule has 0 aliphatic heterocycles. The summed E-state index contributed by atoms with van der Waals surface area (Å²) in [6.07, 6.45) is 1.11. The largest absolute Gasteiger partial charge is 0.497 e. The Balaban J connectivity index is 2.20. The number of benzene rings is 2. The highest BCUT2D eigenvalue weighted by atomic mass is 32.2. The second-order valence-electron chi connectivity index (χ2n) is 4.64. The van der Waals surface area contributed by atoms with E-state index in [0.29, 0.717) is 17.2 Å². The SMILES string of the molecule is COc1ccc(OC)c(Nc2ccc(NS(C)(=O)=O)cc2)c1. The van der Waals surface area contributed by atoms with Crippen molar-refractivity contribution >= 4 is 27.1 Å². The summed E-state index contributed by atoms with van der Waals surface area (Å²) < 4.78 is 35.3. The standard InChI is InChI=1S/C15H18N2O4S/c1-20-13-8-9-15(21-2)14(10-13)16-11-4-6-12(7-5-11)17-22(3,18)19/h4-10,16-17H,1-3H3. The van der Waals surface area contributed by atoms with Crippen LogP contribution in [0.25, 0.3) is 0 Å². The highest BCUT2D eigenvalue weighted by molar-refractivity contribution is 7.92. The quantitative estimate of drug-likeness (QED) is 0.855. The molecule has 2 rings (SSSR count). The number of rotatable bonds is 6. The minimum atomic E-state index is -3.28. The average molecular weight is 322 g/mol. The molecule has 0 unspecified atom stereocenters. The van der Waals surface area contributed by atoms with Crippen LogP contribution in [0.3, 0.4) is 0 Å². The molecule has 2 aromatic carbocycles. The molecule has 0 heterocycles. The van der Waals surface area contributed by atoms with Crippen molar-refractivity contribution in [2.24, 2.45) is 0 Å². The van der Waals surface area contributed by atoms with E-state index in [-0.39, 0.29) is 0 Å². The molecule has 0 bridgehead atoms. The Kier molecular flexibility index (Phi) is 4.77. The second kappa shape index (κ2) is 6.57. The molecule has 0 radical (unpaired) electrons. The van der Waals surface area contributed by atoms with Crippen LogP contribution in [0, 0.1) is 0 Å². The van der Waals surface area contributed by atoms with E-state index in [1.54, 1.807) is 44.6 Å². The number of nitrogens with one attached hydrogen (secondary N) is 2. The van der Waals surface area contributed by atoms with E-state index < -0.39 is 10.0 Å². The Morgan fingerprint density at radius 3 is 2.09 bits per heavy atom. The summed E-state index contributed by atoms with van der Waals surface area (Å²) in [7, 11) is -0.0916. The molecule has 22 heavy (non-hydrogen) atoms. The molecule has 0 amide bonds. The van der Waals surface area contributed by atoms with Crippen molar-refractivity contribution in [1.29, 1.82) is 0 Å². The smallest absolute Gasteiger partial charge is 0.229 e. The fraction of sp³-hybridized carbons (Fsp3) is 0.200. The molecule has 0 fully saturated rings. The van der Waals surface area contributed by atoms with Crippen LogP contribution in [-0.2, 0) is 10.0 Å². The molecule has 0 saturated heterocycles. The van der Waals surface area contributed by atoms with Crippen molar-refractivity contribution in [3.63, 3.8) is 0 Å². The van der Waals surface area contributed by atoms with E-state index in [9.17, 15) is 8.42 Å². The summed E-state index contributed by atoms with van der Waals surface area (Å²) in [5.41, 5.74) is 2.06. The zero-order valence-electron chi connectivity index (χ0n) is 12.6. The van der Waals surface area contributed by atoms with Crippen LogP contribution in [0.15, 0.2) is 42.5 Å². The van der Waals surface area contributed by atoms with Gasteiger partial charge in [0.05, 0.1) is 26.2 Å². The van der Waals surface area contributed by atoms with Crippen molar-refractivity contribution in [2.45, 2.75) is 0 Å². The topological polar surface area (TPSA) is 76.7 Å². The molecule has 2 N–H and O–H groups in total. The molecular formula is C15H18N2O4S. The summed E-state index contributed by atoms with van der Waals surface area (Å²) in [5, 5.41) is 3.21. The number of hydrogen-bond donors (Lipinski definition) is 2. The third-order valence-corrected chi connectivity index (χ3v) is 3.48. The molecule has 0 spiro atoms. The highest BCUT2D eigenvalue weighted by Crippen LogP contribution is 2.31. The van der Waals surface area contributed by atoms with Crippen molar-refractivity contribution in [3.05, 3.63) is 42.5 Å². The Morgan fingerprint density at radius 1 is 0.909 bits per heavy atom. The second-order valence-corrected chi connectivity index (χ2v) is 6.39. The van der Waals surface area contributed by atoms with Crippen LogP contribution in [0.2, 0.25) is 0 Å². The summed E-state index contributed by atoms with van der Waals surface area (Å²) in [5.74, 6) is 1.39. The molecule has 0 atom stereocenters. The lowest BCUT2D eigenvalue weighted by molar-refractivity contribution is 0.405. The minimum Gasteiger partial charge on any atom is -0.497 e. The van der Waals surface area contributed by atoms with Gasteiger partial charge in [-0.25, -0.2) is 8.42 Å². The van der Waals surface area contributed by atoms with Crippen molar-refractivity contribution in [3.8, 4) is 11.5 Å². The summed E-state index contributed by atoms with van der Waals surface area (Å²) in [6.45, 7) is 0. The van der Waals surface area contributed by atoms with E-state index >= 15 is 0 Å². The molecule has 118 valence electrons. The Labute approximate surface area is 130 Å². The fourth-order valence-electron chi connectivity index (χ4n) is 1.90. The first kappa shape index (κ1) is 16.0. The predicted molar refractivity (Wildman–Crippen MR) is 87.7 cm³/mol. The lowest BCUT2D eigenvalue weighted by Gasteiger charge is -2.13. The molecule has 0 aromatic heterocycles. The molecular weight excluding hydrogens is 304 g/mol. The summed E-state index contributed by atoms with van der Waals surface area (Å²) in [4.78, 5) is 0. The number of methoxy groups -OCH3 is 2. The molecule has 0 aliphatic rings. The Morgan fingerprint density at radius 2 is 1.55 bits per heavy atom. The lowest BCUT2D eigenvalue weighted by Crippen LogP contribution is -2.09. The van der Waals surface area contributed by atoms with Crippen LogP contribution in [0.1, 0.15) is 0 Å².